The number of hydrogen-bond donors (Lipinski definition) is 1. The second-order valence-corrected chi connectivity index (χ2v) is 2.52. The second-order valence-electron chi connectivity index (χ2n) is 2.52. The highest BCUT2D eigenvalue weighted by Crippen LogP contribution is 2.30. The summed E-state index contributed by atoms with van der Waals surface area (Å²) in [6.07, 6.45) is -0.961. The molecule has 1 heterocycles. The third kappa shape index (κ3) is 2.56. The second kappa shape index (κ2) is 4.23. The van der Waals surface area contributed by atoms with Gasteiger partial charge in [-0.1, -0.05) is 18.2 Å². The SMILES string of the molecule is OCC=Cc1cccnc1C(F)(F)F. The van der Waals surface area contributed by atoms with Gasteiger partial charge in [0.1, 0.15) is 0 Å². The molecule has 0 bridgehead atoms. The molecule has 76 valence electrons. The largest absolute Gasteiger partial charge is 0.433 e. The molecule has 0 spiro atoms. The molecule has 1 aromatic heterocycles. The monoisotopic (exact) mass is 203 g/mol. The fourth-order valence-electron chi connectivity index (χ4n) is 0.969. The third-order valence-electron chi connectivity index (χ3n) is 1.51. The van der Waals surface area contributed by atoms with E-state index in [9.17, 15) is 13.2 Å². The Balaban J connectivity index is 3.10. The van der Waals surface area contributed by atoms with Gasteiger partial charge in [-0.2, -0.15) is 13.2 Å². The third-order valence-corrected chi connectivity index (χ3v) is 1.51. The van der Waals surface area contributed by atoms with Crippen molar-refractivity contribution >= 4 is 6.08 Å². The smallest absolute Gasteiger partial charge is 0.392 e. The minimum atomic E-state index is -4.46. The van der Waals surface area contributed by atoms with Gasteiger partial charge in [-0.05, 0) is 6.07 Å². The van der Waals surface area contributed by atoms with Gasteiger partial charge < -0.3 is 5.11 Å². The predicted molar refractivity (Wildman–Crippen MR) is 45.4 cm³/mol. The molecule has 14 heavy (non-hydrogen) atoms. The van der Waals surface area contributed by atoms with Gasteiger partial charge in [-0.15, -0.1) is 0 Å². The average molecular weight is 203 g/mol. The molecule has 0 saturated heterocycles. The molecule has 2 nitrogen and oxygen atoms in total. The maximum absolute atomic E-state index is 12.3. The van der Waals surface area contributed by atoms with Crippen LogP contribution in [0.15, 0.2) is 24.4 Å². The van der Waals surface area contributed by atoms with Crippen molar-refractivity contribution in [2.75, 3.05) is 6.61 Å². The van der Waals surface area contributed by atoms with Crippen LogP contribution in [0.3, 0.4) is 0 Å². The fourth-order valence-corrected chi connectivity index (χ4v) is 0.969. The van der Waals surface area contributed by atoms with E-state index in [1.165, 1.54) is 24.3 Å². The number of hydrogen-bond acceptors (Lipinski definition) is 2. The molecule has 0 aliphatic heterocycles. The van der Waals surface area contributed by atoms with Crippen molar-refractivity contribution in [1.82, 2.24) is 4.98 Å². The van der Waals surface area contributed by atoms with Gasteiger partial charge in [0.2, 0.25) is 0 Å². The van der Waals surface area contributed by atoms with E-state index in [0.29, 0.717) is 0 Å². The van der Waals surface area contributed by atoms with Crippen molar-refractivity contribution in [3.8, 4) is 0 Å². The Morgan fingerprint density at radius 2 is 2.14 bits per heavy atom. The lowest BCUT2D eigenvalue weighted by Gasteiger charge is -2.07. The van der Waals surface area contributed by atoms with Crippen molar-refractivity contribution in [2.45, 2.75) is 6.18 Å². The normalized spacial score (nSPS) is 12.3. The van der Waals surface area contributed by atoms with Crippen LogP contribution in [0.5, 0.6) is 0 Å². The molecule has 5 heteroatoms. The fraction of sp³-hybridized carbons (Fsp3) is 0.222. The first-order valence-electron chi connectivity index (χ1n) is 3.85. The van der Waals surface area contributed by atoms with Crippen LogP contribution in [0.4, 0.5) is 13.2 Å². The van der Waals surface area contributed by atoms with E-state index in [1.807, 2.05) is 0 Å². The first-order valence-corrected chi connectivity index (χ1v) is 3.85. The Bertz CT molecular complexity index is 333. The number of rotatable bonds is 2. The number of halogens is 3. The standard InChI is InChI=1S/C9H8F3NO/c10-9(11,12)8-7(4-2-6-14)3-1-5-13-8/h1-5,14H,6H2. The summed E-state index contributed by atoms with van der Waals surface area (Å²) in [6, 6.07) is 2.70. The van der Waals surface area contributed by atoms with Crippen LogP contribution < -0.4 is 0 Å². The van der Waals surface area contributed by atoms with Crippen molar-refractivity contribution in [1.29, 1.82) is 0 Å². The van der Waals surface area contributed by atoms with Crippen LogP contribution in [-0.2, 0) is 6.18 Å². The summed E-state index contributed by atoms with van der Waals surface area (Å²) in [5.74, 6) is 0. The number of aliphatic hydroxyl groups is 1. The number of pyridine rings is 1. The Hall–Kier alpha value is -1.36. The van der Waals surface area contributed by atoms with E-state index in [-0.39, 0.29) is 12.2 Å². The van der Waals surface area contributed by atoms with Crippen LogP contribution in [0, 0.1) is 0 Å². The zero-order chi connectivity index (χ0) is 10.6. The molecule has 0 amide bonds. The molecule has 0 radical (unpaired) electrons. The summed E-state index contributed by atoms with van der Waals surface area (Å²) in [6.45, 7) is -0.299. The zero-order valence-electron chi connectivity index (χ0n) is 7.12. The van der Waals surface area contributed by atoms with Gasteiger partial charge >= 0.3 is 6.18 Å². The lowest BCUT2D eigenvalue weighted by atomic mass is 10.2. The summed E-state index contributed by atoms with van der Waals surface area (Å²) in [5.41, 5.74) is -0.987. The van der Waals surface area contributed by atoms with E-state index < -0.39 is 11.9 Å². The van der Waals surface area contributed by atoms with E-state index in [2.05, 4.69) is 4.98 Å². The van der Waals surface area contributed by atoms with Crippen LogP contribution in [0.1, 0.15) is 11.3 Å². The molecule has 0 saturated carbocycles. The molecule has 0 unspecified atom stereocenters. The van der Waals surface area contributed by atoms with Crippen molar-refractivity contribution in [3.63, 3.8) is 0 Å². The molecule has 1 N–H and O–H groups in total. The predicted octanol–water partition coefficient (Wildman–Crippen LogP) is 2.11. The van der Waals surface area contributed by atoms with Crippen molar-refractivity contribution in [3.05, 3.63) is 35.7 Å². The van der Waals surface area contributed by atoms with Crippen molar-refractivity contribution in [2.24, 2.45) is 0 Å². The summed E-state index contributed by atoms with van der Waals surface area (Å²) >= 11 is 0. The van der Waals surface area contributed by atoms with Gasteiger partial charge in [0, 0.05) is 11.8 Å². The van der Waals surface area contributed by atoms with Crippen LogP contribution in [-0.4, -0.2) is 16.7 Å². The van der Waals surface area contributed by atoms with E-state index in [0.717, 1.165) is 6.20 Å². The Kier molecular flexibility index (Phi) is 3.24. The number of alkyl halides is 3. The molecular formula is C9H8F3NO. The van der Waals surface area contributed by atoms with Gasteiger partial charge in [0.05, 0.1) is 6.61 Å². The van der Waals surface area contributed by atoms with Crippen molar-refractivity contribution < 1.29 is 18.3 Å². The first-order chi connectivity index (χ1) is 6.55. The minimum Gasteiger partial charge on any atom is -0.392 e. The number of aliphatic hydroxyl groups excluding tert-OH is 1. The molecule has 0 aliphatic rings. The van der Waals surface area contributed by atoms with Gasteiger partial charge in [-0.3, -0.25) is 4.98 Å². The maximum atomic E-state index is 12.3. The lowest BCUT2D eigenvalue weighted by Crippen LogP contribution is -2.09. The molecule has 0 fully saturated rings. The molecule has 0 aliphatic carbocycles. The molecule has 0 aromatic carbocycles. The Morgan fingerprint density at radius 3 is 2.71 bits per heavy atom. The Morgan fingerprint density at radius 1 is 1.43 bits per heavy atom. The highest BCUT2D eigenvalue weighted by Gasteiger charge is 2.34. The molecular weight excluding hydrogens is 195 g/mol. The summed E-state index contributed by atoms with van der Waals surface area (Å²) in [5, 5.41) is 8.43. The maximum Gasteiger partial charge on any atom is 0.433 e. The average Bonchev–Trinajstić information content (AvgIpc) is 2.14. The highest BCUT2D eigenvalue weighted by molar-refractivity contribution is 5.52. The van der Waals surface area contributed by atoms with Crippen LogP contribution >= 0.6 is 0 Å². The summed E-state index contributed by atoms with van der Waals surface area (Å²) in [4.78, 5) is 3.24. The topological polar surface area (TPSA) is 33.1 Å². The summed E-state index contributed by atoms with van der Waals surface area (Å²) < 4.78 is 37.0. The van der Waals surface area contributed by atoms with E-state index >= 15 is 0 Å². The molecule has 1 aromatic rings. The number of aromatic nitrogens is 1. The minimum absolute atomic E-state index is 0.0472. The van der Waals surface area contributed by atoms with E-state index in [1.54, 1.807) is 0 Å². The van der Waals surface area contributed by atoms with Crippen LogP contribution in [0.2, 0.25) is 0 Å². The van der Waals surface area contributed by atoms with Crippen LogP contribution in [0.25, 0.3) is 6.08 Å². The van der Waals surface area contributed by atoms with Gasteiger partial charge in [-0.25, -0.2) is 0 Å². The zero-order valence-corrected chi connectivity index (χ0v) is 7.12. The van der Waals surface area contributed by atoms with Gasteiger partial charge in [0.15, 0.2) is 5.69 Å². The van der Waals surface area contributed by atoms with Gasteiger partial charge in [0.25, 0.3) is 0 Å². The molecule has 1 rings (SSSR count). The molecule has 0 atom stereocenters. The van der Waals surface area contributed by atoms with E-state index in [4.69, 9.17) is 5.11 Å². The first kappa shape index (κ1) is 10.7. The Labute approximate surface area is 78.7 Å². The quantitative estimate of drug-likeness (QED) is 0.798. The lowest BCUT2D eigenvalue weighted by molar-refractivity contribution is -0.141. The number of nitrogens with zero attached hydrogens (tertiary/aromatic N) is 1. The summed E-state index contributed by atoms with van der Waals surface area (Å²) in [7, 11) is 0. The highest BCUT2D eigenvalue weighted by atomic mass is 19.4.